The van der Waals surface area contributed by atoms with Crippen LogP contribution in [-0.4, -0.2) is 26.9 Å². The number of hydrogen-bond acceptors (Lipinski definition) is 5. The van der Waals surface area contributed by atoms with Crippen molar-refractivity contribution in [3.63, 3.8) is 0 Å². The minimum absolute atomic E-state index is 0.555. The number of methoxy groups -OCH3 is 1. The molecule has 0 bridgehead atoms. The molecule has 17 heavy (non-hydrogen) atoms. The van der Waals surface area contributed by atoms with Gasteiger partial charge in [0.05, 0.1) is 13.7 Å². The van der Waals surface area contributed by atoms with E-state index in [-0.39, 0.29) is 0 Å². The van der Waals surface area contributed by atoms with Gasteiger partial charge in [0.15, 0.2) is 11.5 Å². The number of ether oxygens (including phenoxy) is 3. The maximum Gasteiger partial charge on any atom is 0.203 e. The molecule has 0 aliphatic carbocycles. The Labute approximate surface area is 101 Å². The quantitative estimate of drug-likeness (QED) is 0.623. The molecule has 94 valence electrons. The standard InChI is InChI=1S/C12H17NO4/c1-3-17-13-8-9-6-10(14-2)12-11(7-9)15-4-5-16-12/h6-7,13H,3-5,8H2,1-2H3. The average Bonchev–Trinajstić information content (AvgIpc) is 2.38. The second kappa shape index (κ2) is 5.75. The Bertz CT molecular complexity index is 364. The molecule has 0 radical (unpaired) electrons. The van der Waals surface area contributed by atoms with Gasteiger partial charge in [0.1, 0.15) is 13.2 Å². The summed E-state index contributed by atoms with van der Waals surface area (Å²) in [6.45, 7) is 4.28. The third-order valence-corrected chi connectivity index (χ3v) is 2.41. The Balaban J connectivity index is 2.17. The van der Waals surface area contributed by atoms with Crippen LogP contribution >= 0.6 is 0 Å². The van der Waals surface area contributed by atoms with Crippen molar-refractivity contribution in [3.05, 3.63) is 17.7 Å². The Morgan fingerprint density at radius 2 is 2.12 bits per heavy atom. The van der Waals surface area contributed by atoms with E-state index in [1.807, 2.05) is 19.1 Å². The molecule has 2 rings (SSSR count). The number of rotatable bonds is 5. The molecule has 1 N–H and O–H groups in total. The van der Waals surface area contributed by atoms with Crippen LogP contribution in [0.2, 0.25) is 0 Å². The Morgan fingerprint density at radius 1 is 1.29 bits per heavy atom. The van der Waals surface area contributed by atoms with Crippen LogP contribution in [0.15, 0.2) is 12.1 Å². The lowest BCUT2D eigenvalue weighted by Crippen LogP contribution is -2.17. The van der Waals surface area contributed by atoms with Gasteiger partial charge < -0.3 is 19.0 Å². The fourth-order valence-corrected chi connectivity index (χ4v) is 1.67. The lowest BCUT2D eigenvalue weighted by Gasteiger charge is -2.21. The lowest BCUT2D eigenvalue weighted by molar-refractivity contribution is 0.0462. The topological polar surface area (TPSA) is 49.0 Å². The van der Waals surface area contributed by atoms with E-state index in [4.69, 9.17) is 19.0 Å². The van der Waals surface area contributed by atoms with Crippen molar-refractivity contribution in [2.24, 2.45) is 0 Å². The molecule has 1 aromatic rings. The summed E-state index contributed by atoms with van der Waals surface area (Å²) >= 11 is 0. The van der Waals surface area contributed by atoms with Gasteiger partial charge in [-0.1, -0.05) is 0 Å². The summed E-state index contributed by atoms with van der Waals surface area (Å²) in [6.07, 6.45) is 0. The van der Waals surface area contributed by atoms with Crippen LogP contribution in [0.1, 0.15) is 12.5 Å². The van der Waals surface area contributed by atoms with Crippen LogP contribution in [0.25, 0.3) is 0 Å². The van der Waals surface area contributed by atoms with E-state index in [1.165, 1.54) is 0 Å². The first-order chi connectivity index (χ1) is 8.35. The van der Waals surface area contributed by atoms with Crippen molar-refractivity contribution >= 4 is 0 Å². The fourth-order valence-electron chi connectivity index (χ4n) is 1.67. The predicted octanol–water partition coefficient (Wildman–Crippen LogP) is 1.51. The van der Waals surface area contributed by atoms with Crippen molar-refractivity contribution in [1.29, 1.82) is 0 Å². The first-order valence-corrected chi connectivity index (χ1v) is 5.66. The maximum absolute atomic E-state index is 5.54. The van der Waals surface area contributed by atoms with Gasteiger partial charge in [0, 0.05) is 6.54 Å². The Hall–Kier alpha value is -1.46. The summed E-state index contributed by atoms with van der Waals surface area (Å²) in [5.41, 5.74) is 3.88. The molecule has 0 unspecified atom stereocenters. The van der Waals surface area contributed by atoms with Gasteiger partial charge in [-0.3, -0.25) is 0 Å². The van der Waals surface area contributed by atoms with Crippen LogP contribution in [0.4, 0.5) is 0 Å². The smallest absolute Gasteiger partial charge is 0.203 e. The average molecular weight is 239 g/mol. The second-order valence-electron chi connectivity index (χ2n) is 3.58. The molecule has 5 heteroatoms. The summed E-state index contributed by atoms with van der Waals surface area (Å²) in [5.74, 6) is 2.10. The van der Waals surface area contributed by atoms with E-state index in [9.17, 15) is 0 Å². The fraction of sp³-hybridized carbons (Fsp3) is 0.500. The zero-order chi connectivity index (χ0) is 12.1. The molecule has 0 aromatic heterocycles. The van der Waals surface area contributed by atoms with E-state index < -0.39 is 0 Å². The summed E-state index contributed by atoms with van der Waals surface area (Å²) in [6, 6.07) is 3.85. The van der Waals surface area contributed by atoms with E-state index in [0.29, 0.717) is 37.9 Å². The summed E-state index contributed by atoms with van der Waals surface area (Å²) in [4.78, 5) is 5.09. The number of hydrogen-bond donors (Lipinski definition) is 1. The molecule has 0 atom stereocenters. The Kier molecular flexibility index (Phi) is 4.06. The van der Waals surface area contributed by atoms with E-state index >= 15 is 0 Å². The minimum atomic E-state index is 0.555. The summed E-state index contributed by atoms with van der Waals surface area (Å²) < 4.78 is 16.3. The highest BCUT2D eigenvalue weighted by molar-refractivity contribution is 5.54. The molecule has 0 saturated heterocycles. The monoisotopic (exact) mass is 239 g/mol. The number of benzene rings is 1. The van der Waals surface area contributed by atoms with E-state index in [0.717, 1.165) is 11.3 Å². The number of hydroxylamine groups is 1. The number of nitrogens with one attached hydrogen (secondary N) is 1. The van der Waals surface area contributed by atoms with Crippen LogP contribution in [0.5, 0.6) is 17.2 Å². The van der Waals surface area contributed by atoms with E-state index in [1.54, 1.807) is 7.11 Å². The second-order valence-corrected chi connectivity index (χ2v) is 3.58. The van der Waals surface area contributed by atoms with Gasteiger partial charge in [-0.05, 0) is 24.6 Å². The van der Waals surface area contributed by atoms with Gasteiger partial charge >= 0.3 is 0 Å². The van der Waals surface area contributed by atoms with Crippen molar-refractivity contribution in [2.45, 2.75) is 13.5 Å². The van der Waals surface area contributed by atoms with Gasteiger partial charge in [0.25, 0.3) is 0 Å². The van der Waals surface area contributed by atoms with Crippen molar-refractivity contribution in [2.75, 3.05) is 26.9 Å². The Morgan fingerprint density at radius 3 is 2.88 bits per heavy atom. The SMILES string of the molecule is CCONCc1cc(OC)c2c(c1)OCCO2. The minimum Gasteiger partial charge on any atom is -0.493 e. The zero-order valence-electron chi connectivity index (χ0n) is 10.1. The normalized spacial score (nSPS) is 13.5. The highest BCUT2D eigenvalue weighted by Gasteiger charge is 2.18. The van der Waals surface area contributed by atoms with Crippen LogP contribution in [0, 0.1) is 0 Å². The molecule has 5 nitrogen and oxygen atoms in total. The van der Waals surface area contributed by atoms with Crippen LogP contribution in [0.3, 0.4) is 0 Å². The summed E-state index contributed by atoms with van der Waals surface area (Å²) in [5, 5.41) is 0. The molecule has 1 aromatic carbocycles. The van der Waals surface area contributed by atoms with Gasteiger partial charge in [-0.2, -0.15) is 5.48 Å². The first kappa shape index (κ1) is 12.0. The maximum atomic E-state index is 5.54. The lowest BCUT2D eigenvalue weighted by atomic mass is 10.1. The van der Waals surface area contributed by atoms with E-state index in [2.05, 4.69) is 5.48 Å². The van der Waals surface area contributed by atoms with Gasteiger partial charge in [-0.25, -0.2) is 0 Å². The van der Waals surface area contributed by atoms with Crippen LogP contribution in [-0.2, 0) is 11.4 Å². The molecule has 0 spiro atoms. The first-order valence-electron chi connectivity index (χ1n) is 5.66. The molecular formula is C12H17NO4. The largest absolute Gasteiger partial charge is 0.493 e. The van der Waals surface area contributed by atoms with Crippen molar-refractivity contribution in [1.82, 2.24) is 5.48 Å². The molecule has 0 fully saturated rings. The van der Waals surface area contributed by atoms with Gasteiger partial charge in [0.2, 0.25) is 5.75 Å². The molecule has 0 saturated carbocycles. The van der Waals surface area contributed by atoms with Crippen molar-refractivity contribution < 1.29 is 19.0 Å². The highest BCUT2D eigenvalue weighted by Crippen LogP contribution is 2.40. The third-order valence-electron chi connectivity index (χ3n) is 2.41. The molecule has 0 amide bonds. The highest BCUT2D eigenvalue weighted by atomic mass is 16.6. The zero-order valence-corrected chi connectivity index (χ0v) is 10.1. The van der Waals surface area contributed by atoms with Gasteiger partial charge in [-0.15, -0.1) is 0 Å². The molecular weight excluding hydrogens is 222 g/mol. The predicted molar refractivity (Wildman–Crippen MR) is 62.4 cm³/mol. The molecule has 1 aliphatic rings. The van der Waals surface area contributed by atoms with Crippen molar-refractivity contribution in [3.8, 4) is 17.2 Å². The molecule has 1 aliphatic heterocycles. The summed E-state index contributed by atoms with van der Waals surface area (Å²) in [7, 11) is 1.62. The molecule has 1 heterocycles. The third kappa shape index (κ3) is 2.81. The van der Waals surface area contributed by atoms with Crippen LogP contribution < -0.4 is 19.7 Å². The number of fused-ring (bicyclic) bond motifs is 1.